The molecule has 6 nitrogen and oxygen atoms in total. The molecule has 0 aromatic rings. The van der Waals surface area contributed by atoms with E-state index in [-0.39, 0.29) is 24.9 Å². The molecule has 0 radical (unpaired) electrons. The number of allylic oxidation sites excluding steroid dienone is 12. The molecule has 0 bridgehead atoms. The number of carbonyl (C=O) groups excluding carboxylic acids is 2. The molecule has 0 aromatic carbocycles. The van der Waals surface area contributed by atoms with E-state index in [9.17, 15) is 19.8 Å². The minimum absolute atomic E-state index is 0.0400. The second kappa shape index (κ2) is 41.5. The average molecular weight is 754 g/mol. The lowest BCUT2D eigenvalue weighted by Gasteiger charge is -2.24. The number of unbranched alkanes of at least 4 members (excludes halogenated alkanes) is 18. The van der Waals surface area contributed by atoms with Crippen molar-refractivity contribution in [2.75, 3.05) is 6.61 Å². The summed E-state index contributed by atoms with van der Waals surface area (Å²) < 4.78 is 5.85. The molecule has 3 atom stereocenters. The van der Waals surface area contributed by atoms with Crippen LogP contribution in [0.1, 0.15) is 194 Å². The maximum absolute atomic E-state index is 13.1. The molecule has 0 saturated carbocycles. The van der Waals surface area contributed by atoms with Gasteiger partial charge in [0, 0.05) is 6.42 Å². The molecule has 3 N–H and O–H groups in total. The predicted molar refractivity (Wildman–Crippen MR) is 231 cm³/mol. The van der Waals surface area contributed by atoms with E-state index in [0.717, 1.165) is 57.8 Å². The molecule has 0 aliphatic heterocycles. The summed E-state index contributed by atoms with van der Waals surface area (Å²) in [5.41, 5.74) is 0. The number of esters is 1. The summed E-state index contributed by atoms with van der Waals surface area (Å²) in [4.78, 5) is 25.9. The van der Waals surface area contributed by atoms with Gasteiger partial charge in [0.2, 0.25) is 5.91 Å². The standard InChI is InChI=1S/C48H83NO5/c1-4-7-10-13-16-19-21-23-25-28-30-33-36-39-44(54-48(53)41-38-35-32-29-26-24-22-20-17-14-11-8-5-2)42-47(52)49-45(43-50)46(51)40-37-34-31-27-18-15-12-9-6-3/h8,11,14,17,19-22,24,26,29,32,44-46,50-51H,4-7,9-10,12-13,15-16,18,23,25,27-28,30-31,33-43H2,1-3H3,(H,49,52)/b11-8+,17-14+,21-19-,22-20-,26-24-,32-29+. The van der Waals surface area contributed by atoms with Gasteiger partial charge in [-0.1, -0.05) is 190 Å². The molecule has 54 heavy (non-hydrogen) atoms. The molecular formula is C48H83NO5. The smallest absolute Gasteiger partial charge is 0.306 e. The zero-order chi connectivity index (χ0) is 39.6. The van der Waals surface area contributed by atoms with Crippen molar-refractivity contribution >= 4 is 11.9 Å². The molecular weight excluding hydrogens is 671 g/mol. The van der Waals surface area contributed by atoms with Crippen LogP contribution in [0.25, 0.3) is 0 Å². The Morgan fingerprint density at radius 1 is 0.556 bits per heavy atom. The van der Waals surface area contributed by atoms with Gasteiger partial charge < -0.3 is 20.3 Å². The van der Waals surface area contributed by atoms with Crippen LogP contribution in [0.3, 0.4) is 0 Å². The minimum atomic E-state index is -0.802. The van der Waals surface area contributed by atoms with E-state index in [1.165, 1.54) is 83.5 Å². The SMILES string of the molecule is CC/C=C/C=C/C=C\C=C/C=C/CCCC(=O)OC(CCCCCCC/C=C\CCCCCC)CC(=O)NC(CO)C(O)CCCCCCCCCCC. The van der Waals surface area contributed by atoms with Crippen LogP contribution in [0.2, 0.25) is 0 Å². The highest BCUT2D eigenvalue weighted by Gasteiger charge is 2.24. The second-order valence-corrected chi connectivity index (χ2v) is 14.8. The van der Waals surface area contributed by atoms with Crippen LogP contribution in [-0.2, 0) is 14.3 Å². The summed E-state index contributed by atoms with van der Waals surface area (Å²) in [7, 11) is 0. The summed E-state index contributed by atoms with van der Waals surface area (Å²) in [5, 5.41) is 23.5. The van der Waals surface area contributed by atoms with Gasteiger partial charge in [-0.3, -0.25) is 9.59 Å². The largest absolute Gasteiger partial charge is 0.462 e. The van der Waals surface area contributed by atoms with Gasteiger partial charge in [-0.05, 0) is 64.2 Å². The predicted octanol–water partition coefficient (Wildman–Crippen LogP) is 12.7. The number of nitrogens with one attached hydrogen (secondary N) is 1. The summed E-state index contributed by atoms with van der Waals surface area (Å²) in [6.45, 7) is 6.26. The van der Waals surface area contributed by atoms with Crippen molar-refractivity contribution in [3.63, 3.8) is 0 Å². The number of amides is 1. The van der Waals surface area contributed by atoms with E-state index in [1.54, 1.807) is 0 Å². The maximum atomic E-state index is 13.1. The molecule has 3 unspecified atom stereocenters. The lowest BCUT2D eigenvalue weighted by atomic mass is 10.0. The number of aliphatic hydroxyl groups excluding tert-OH is 2. The zero-order valence-corrected chi connectivity index (χ0v) is 35.1. The van der Waals surface area contributed by atoms with E-state index in [2.05, 4.69) is 44.3 Å². The molecule has 0 spiro atoms. The molecule has 0 rings (SSSR count). The van der Waals surface area contributed by atoms with Crippen molar-refractivity contribution in [3.05, 3.63) is 72.9 Å². The number of hydrogen-bond donors (Lipinski definition) is 3. The van der Waals surface area contributed by atoms with Crippen LogP contribution in [0, 0.1) is 0 Å². The van der Waals surface area contributed by atoms with Crippen LogP contribution in [-0.4, -0.2) is 46.9 Å². The fourth-order valence-corrected chi connectivity index (χ4v) is 6.28. The summed E-state index contributed by atoms with van der Waals surface area (Å²) in [6.07, 6.45) is 51.1. The van der Waals surface area contributed by atoms with E-state index >= 15 is 0 Å². The highest BCUT2D eigenvalue weighted by atomic mass is 16.5. The Morgan fingerprint density at radius 3 is 1.57 bits per heavy atom. The van der Waals surface area contributed by atoms with Gasteiger partial charge in [-0.25, -0.2) is 0 Å². The van der Waals surface area contributed by atoms with Crippen molar-refractivity contribution in [2.45, 2.75) is 212 Å². The highest BCUT2D eigenvalue weighted by molar-refractivity contribution is 5.77. The first kappa shape index (κ1) is 51.3. The number of rotatable bonds is 38. The van der Waals surface area contributed by atoms with Crippen LogP contribution in [0.15, 0.2) is 72.9 Å². The van der Waals surface area contributed by atoms with Crippen molar-refractivity contribution in [3.8, 4) is 0 Å². The number of ether oxygens (including phenoxy) is 1. The van der Waals surface area contributed by atoms with Gasteiger partial charge in [-0.15, -0.1) is 0 Å². The molecule has 6 heteroatoms. The normalized spacial score (nSPS) is 14.1. The molecule has 0 aromatic heterocycles. The quantitative estimate of drug-likeness (QED) is 0.0252. The molecule has 0 heterocycles. The Balaban J connectivity index is 4.77. The Bertz CT molecular complexity index is 1030. The first-order valence-corrected chi connectivity index (χ1v) is 22.2. The summed E-state index contributed by atoms with van der Waals surface area (Å²) in [6, 6.07) is -0.718. The zero-order valence-electron chi connectivity index (χ0n) is 35.1. The Morgan fingerprint density at radius 2 is 1.02 bits per heavy atom. The number of carbonyl (C=O) groups is 2. The molecule has 1 amide bonds. The molecule has 310 valence electrons. The number of aliphatic hydroxyl groups is 2. The Kier molecular flexibility index (Phi) is 39.4. The monoisotopic (exact) mass is 754 g/mol. The van der Waals surface area contributed by atoms with E-state index in [0.29, 0.717) is 25.7 Å². The van der Waals surface area contributed by atoms with Gasteiger partial charge in [0.25, 0.3) is 0 Å². The van der Waals surface area contributed by atoms with Gasteiger partial charge in [0.1, 0.15) is 6.10 Å². The third-order valence-corrected chi connectivity index (χ3v) is 9.65. The molecule has 0 fully saturated rings. The third kappa shape index (κ3) is 36.3. The fourth-order valence-electron chi connectivity index (χ4n) is 6.28. The van der Waals surface area contributed by atoms with Crippen molar-refractivity contribution in [1.29, 1.82) is 0 Å². The van der Waals surface area contributed by atoms with E-state index < -0.39 is 18.2 Å². The minimum Gasteiger partial charge on any atom is -0.462 e. The van der Waals surface area contributed by atoms with Crippen LogP contribution in [0.4, 0.5) is 0 Å². The number of hydrogen-bond acceptors (Lipinski definition) is 5. The van der Waals surface area contributed by atoms with Crippen molar-refractivity contribution < 1.29 is 24.5 Å². The van der Waals surface area contributed by atoms with Crippen LogP contribution in [0.5, 0.6) is 0 Å². The first-order valence-electron chi connectivity index (χ1n) is 22.2. The fraction of sp³-hybridized carbons (Fsp3) is 0.708. The topological polar surface area (TPSA) is 95.9 Å². The third-order valence-electron chi connectivity index (χ3n) is 9.65. The van der Waals surface area contributed by atoms with Gasteiger partial charge in [0.15, 0.2) is 0 Å². The van der Waals surface area contributed by atoms with Gasteiger partial charge in [-0.2, -0.15) is 0 Å². The highest BCUT2D eigenvalue weighted by Crippen LogP contribution is 2.16. The first-order chi connectivity index (χ1) is 26.5. The van der Waals surface area contributed by atoms with Crippen molar-refractivity contribution in [2.24, 2.45) is 0 Å². The summed E-state index contributed by atoms with van der Waals surface area (Å²) >= 11 is 0. The van der Waals surface area contributed by atoms with E-state index in [4.69, 9.17) is 4.74 Å². The maximum Gasteiger partial charge on any atom is 0.306 e. The lowest BCUT2D eigenvalue weighted by Crippen LogP contribution is -2.46. The molecule has 0 aliphatic carbocycles. The Hall–Kier alpha value is -2.70. The average Bonchev–Trinajstić information content (AvgIpc) is 3.16. The van der Waals surface area contributed by atoms with Crippen LogP contribution < -0.4 is 5.32 Å². The van der Waals surface area contributed by atoms with Crippen molar-refractivity contribution in [1.82, 2.24) is 5.32 Å². The summed E-state index contributed by atoms with van der Waals surface area (Å²) in [5.74, 6) is -0.578. The van der Waals surface area contributed by atoms with Gasteiger partial charge >= 0.3 is 5.97 Å². The Labute approximate surface area is 332 Å². The lowest BCUT2D eigenvalue weighted by molar-refractivity contribution is -0.151. The molecule has 0 aliphatic rings. The molecule has 0 saturated heterocycles. The van der Waals surface area contributed by atoms with Gasteiger partial charge in [0.05, 0.1) is 25.2 Å². The second-order valence-electron chi connectivity index (χ2n) is 14.8. The van der Waals surface area contributed by atoms with E-state index in [1.807, 2.05) is 54.7 Å². The van der Waals surface area contributed by atoms with Crippen LogP contribution >= 0.6 is 0 Å².